The highest BCUT2D eigenvalue weighted by atomic mass is 127. The lowest BCUT2D eigenvalue weighted by Crippen LogP contribution is -2.41. The smallest absolute Gasteiger partial charge is 0.193 e. The second-order valence-electron chi connectivity index (χ2n) is 5.50. The molecule has 2 rings (SSSR count). The lowest BCUT2D eigenvalue weighted by atomic mass is 10.1. The quantitative estimate of drug-likeness (QED) is 0.477. The minimum absolute atomic E-state index is 0. The van der Waals surface area contributed by atoms with Gasteiger partial charge in [0.25, 0.3) is 0 Å². The van der Waals surface area contributed by atoms with Gasteiger partial charge < -0.3 is 15.0 Å². The Labute approximate surface area is 145 Å². The van der Waals surface area contributed by atoms with Crippen LogP contribution >= 0.6 is 24.0 Å². The number of guanidine groups is 1. The second-order valence-corrected chi connectivity index (χ2v) is 5.50. The first-order valence-corrected chi connectivity index (χ1v) is 7.24. The minimum atomic E-state index is 0. The van der Waals surface area contributed by atoms with E-state index in [1.54, 1.807) is 0 Å². The number of nitrogens with one attached hydrogen (secondary N) is 1. The van der Waals surface area contributed by atoms with E-state index >= 15 is 0 Å². The van der Waals surface area contributed by atoms with Crippen LogP contribution in [-0.2, 0) is 11.3 Å². The average molecular weight is 403 g/mol. The van der Waals surface area contributed by atoms with Crippen LogP contribution in [0.25, 0.3) is 0 Å². The zero-order valence-corrected chi connectivity index (χ0v) is 15.5. The lowest BCUT2D eigenvalue weighted by molar-refractivity contribution is 0.181. The average Bonchev–Trinajstić information content (AvgIpc) is 2.94. The van der Waals surface area contributed by atoms with Crippen LogP contribution in [0.1, 0.15) is 17.5 Å². The standard InChI is InChI=1S/C16H25N3O.HI/c1-13-4-6-14(7-5-13)10-18-16(17-2)19(3)11-15-8-9-20-12-15;/h4-7,15H,8-12H2,1-3H3,(H,17,18);1H. The summed E-state index contributed by atoms with van der Waals surface area (Å²) in [7, 11) is 3.92. The molecule has 0 aromatic heterocycles. The Morgan fingerprint density at radius 3 is 2.67 bits per heavy atom. The predicted octanol–water partition coefficient (Wildman–Crippen LogP) is 2.66. The van der Waals surface area contributed by atoms with Crippen molar-refractivity contribution in [2.45, 2.75) is 19.9 Å². The monoisotopic (exact) mass is 403 g/mol. The molecule has 1 atom stereocenters. The number of halogens is 1. The van der Waals surface area contributed by atoms with Crippen molar-refractivity contribution >= 4 is 29.9 Å². The fraction of sp³-hybridized carbons (Fsp3) is 0.562. The molecule has 0 saturated carbocycles. The largest absolute Gasteiger partial charge is 0.381 e. The van der Waals surface area contributed by atoms with Gasteiger partial charge in [0.05, 0.1) is 6.61 Å². The molecule has 1 aliphatic rings. The molecule has 0 amide bonds. The molecule has 0 radical (unpaired) electrons. The number of aryl methyl sites for hydroxylation is 1. The van der Waals surface area contributed by atoms with Gasteiger partial charge in [0.2, 0.25) is 0 Å². The molecule has 1 aliphatic heterocycles. The number of nitrogens with zero attached hydrogens (tertiary/aromatic N) is 2. The van der Waals surface area contributed by atoms with Crippen LogP contribution in [0.15, 0.2) is 29.3 Å². The SMILES string of the molecule is CN=C(NCc1ccc(C)cc1)N(C)CC1CCOC1.I. The van der Waals surface area contributed by atoms with Gasteiger partial charge in [-0.25, -0.2) is 0 Å². The van der Waals surface area contributed by atoms with Crippen LogP contribution in [0.2, 0.25) is 0 Å². The normalized spacial score (nSPS) is 18.2. The fourth-order valence-electron chi connectivity index (χ4n) is 2.47. The summed E-state index contributed by atoms with van der Waals surface area (Å²) in [5, 5.41) is 3.41. The number of hydrogen-bond donors (Lipinski definition) is 1. The maximum absolute atomic E-state index is 5.42. The number of hydrogen-bond acceptors (Lipinski definition) is 2. The third-order valence-corrected chi connectivity index (χ3v) is 3.70. The first kappa shape index (κ1) is 18.2. The van der Waals surface area contributed by atoms with Gasteiger partial charge in [-0.05, 0) is 18.9 Å². The first-order valence-electron chi connectivity index (χ1n) is 7.24. The summed E-state index contributed by atoms with van der Waals surface area (Å²) < 4.78 is 5.42. The van der Waals surface area contributed by atoms with Crippen LogP contribution in [0.4, 0.5) is 0 Å². The molecular formula is C16H26IN3O. The van der Waals surface area contributed by atoms with Gasteiger partial charge >= 0.3 is 0 Å². The second kappa shape index (κ2) is 9.25. The van der Waals surface area contributed by atoms with E-state index < -0.39 is 0 Å². The Morgan fingerprint density at radius 2 is 2.10 bits per heavy atom. The summed E-state index contributed by atoms with van der Waals surface area (Å²) in [5.41, 5.74) is 2.56. The Morgan fingerprint density at radius 1 is 1.38 bits per heavy atom. The highest BCUT2D eigenvalue weighted by Crippen LogP contribution is 2.13. The Bertz CT molecular complexity index is 441. The van der Waals surface area contributed by atoms with Crippen LogP contribution in [0, 0.1) is 12.8 Å². The van der Waals surface area contributed by atoms with Crippen LogP contribution in [0.5, 0.6) is 0 Å². The van der Waals surface area contributed by atoms with E-state index in [4.69, 9.17) is 4.74 Å². The fourth-order valence-corrected chi connectivity index (χ4v) is 2.47. The molecule has 0 aliphatic carbocycles. The third-order valence-electron chi connectivity index (χ3n) is 3.70. The predicted molar refractivity (Wildman–Crippen MR) is 98.3 cm³/mol. The van der Waals surface area contributed by atoms with E-state index in [9.17, 15) is 0 Å². The van der Waals surface area contributed by atoms with Crippen LogP contribution in [-0.4, -0.2) is 44.7 Å². The zero-order chi connectivity index (χ0) is 14.4. The summed E-state index contributed by atoms with van der Waals surface area (Å²) in [5.74, 6) is 1.57. The Kier molecular flexibility index (Phi) is 8.03. The van der Waals surface area contributed by atoms with Gasteiger partial charge in [0.1, 0.15) is 0 Å². The molecule has 1 aromatic rings. The van der Waals surface area contributed by atoms with Crippen molar-refractivity contribution in [1.82, 2.24) is 10.2 Å². The van der Waals surface area contributed by atoms with Crippen molar-refractivity contribution < 1.29 is 4.74 Å². The van der Waals surface area contributed by atoms with Crippen molar-refractivity contribution in [3.8, 4) is 0 Å². The molecule has 0 spiro atoms. The molecule has 4 nitrogen and oxygen atoms in total. The van der Waals surface area contributed by atoms with E-state index in [0.717, 1.165) is 38.7 Å². The molecule has 1 N–H and O–H groups in total. The van der Waals surface area contributed by atoms with E-state index in [-0.39, 0.29) is 24.0 Å². The van der Waals surface area contributed by atoms with Gasteiger partial charge in [-0.2, -0.15) is 0 Å². The molecule has 1 unspecified atom stereocenters. The molecular weight excluding hydrogens is 377 g/mol. The number of rotatable bonds is 4. The van der Waals surface area contributed by atoms with Gasteiger partial charge in [0, 0.05) is 39.7 Å². The lowest BCUT2D eigenvalue weighted by Gasteiger charge is -2.24. The molecule has 118 valence electrons. The van der Waals surface area contributed by atoms with E-state index in [1.807, 2.05) is 7.05 Å². The summed E-state index contributed by atoms with van der Waals surface area (Å²) >= 11 is 0. The summed E-state index contributed by atoms with van der Waals surface area (Å²) in [6.45, 7) is 5.67. The van der Waals surface area contributed by atoms with E-state index in [0.29, 0.717) is 5.92 Å². The molecule has 1 saturated heterocycles. The van der Waals surface area contributed by atoms with Gasteiger partial charge in [0.15, 0.2) is 5.96 Å². The molecule has 1 heterocycles. The van der Waals surface area contributed by atoms with Gasteiger partial charge in [-0.3, -0.25) is 4.99 Å². The first-order chi connectivity index (χ1) is 9.69. The van der Waals surface area contributed by atoms with Gasteiger partial charge in [-0.1, -0.05) is 29.8 Å². The van der Waals surface area contributed by atoms with Crippen molar-refractivity contribution in [1.29, 1.82) is 0 Å². The highest BCUT2D eigenvalue weighted by Gasteiger charge is 2.18. The molecule has 5 heteroatoms. The molecule has 21 heavy (non-hydrogen) atoms. The van der Waals surface area contributed by atoms with Crippen LogP contribution in [0.3, 0.4) is 0 Å². The molecule has 1 fully saturated rings. The van der Waals surface area contributed by atoms with Gasteiger partial charge in [-0.15, -0.1) is 24.0 Å². The minimum Gasteiger partial charge on any atom is -0.381 e. The van der Waals surface area contributed by atoms with Crippen molar-refractivity contribution in [3.63, 3.8) is 0 Å². The summed E-state index contributed by atoms with van der Waals surface area (Å²) in [4.78, 5) is 6.54. The van der Waals surface area contributed by atoms with Crippen molar-refractivity contribution in [3.05, 3.63) is 35.4 Å². The maximum Gasteiger partial charge on any atom is 0.193 e. The van der Waals surface area contributed by atoms with Crippen molar-refractivity contribution in [2.24, 2.45) is 10.9 Å². The summed E-state index contributed by atoms with van der Waals surface area (Å²) in [6.07, 6.45) is 1.15. The van der Waals surface area contributed by atoms with Crippen LogP contribution < -0.4 is 5.32 Å². The molecule has 1 aromatic carbocycles. The van der Waals surface area contributed by atoms with E-state index in [2.05, 4.69) is 53.4 Å². The summed E-state index contributed by atoms with van der Waals surface area (Å²) in [6, 6.07) is 8.58. The number of benzene rings is 1. The van der Waals surface area contributed by atoms with E-state index in [1.165, 1.54) is 11.1 Å². The Hall–Kier alpha value is -0.820. The highest BCUT2D eigenvalue weighted by molar-refractivity contribution is 14.0. The zero-order valence-electron chi connectivity index (χ0n) is 13.1. The Balaban J connectivity index is 0.00000220. The number of aliphatic imine (C=N–C) groups is 1. The number of ether oxygens (including phenoxy) is 1. The third kappa shape index (κ3) is 5.82. The van der Waals surface area contributed by atoms with Crippen molar-refractivity contribution in [2.75, 3.05) is 33.9 Å². The maximum atomic E-state index is 5.42. The topological polar surface area (TPSA) is 36.9 Å². The molecule has 0 bridgehead atoms.